The number of aryl methyl sites for hydroxylation is 2. The van der Waals surface area contributed by atoms with Crippen LogP contribution in [0.2, 0.25) is 0 Å². The summed E-state index contributed by atoms with van der Waals surface area (Å²) in [5.41, 5.74) is 4.73. The molecule has 1 fully saturated rings. The number of halogens is 2. The van der Waals surface area contributed by atoms with E-state index in [9.17, 15) is 8.78 Å². The van der Waals surface area contributed by atoms with Gasteiger partial charge in [0.25, 0.3) is 0 Å². The van der Waals surface area contributed by atoms with Crippen molar-refractivity contribution in [3.05, 3.63) is 89.5 Å². The first-order valence-corrected chi connectivity index (χ1v) is 10.7. The van der Waals surface area contributed by atoms with Crippen molar-refractivity contribution < 1.29 is 13.5 Å². The molecule has 4 heterocycles. The molecule has 0 saturated carbocycles. The molecule has 1 unspecified atom stereocenters. The van der Waals surface area contributed by atoms with Crippen LogP contribution in [0.25, 0.3) is 22.2 Å². The van der Waals surface area contributed by atoms with Crippen molar-refractivity contribution >= 4 is 10.9 Å². The van der Waals surface area contributed by atoms with Crippen molar-refractivity contribution in [2.24, 2.45) is 0 Å². The van der Waals surface area contributed by atoms with Crippen LogP contribution in [0.5, 0.6) is 0 Å². The van der Waals surface area contributed by atoms with Crippen LogP contribution in [-0.2, 0) is 4.74 Å². The first-order chi connectivity index (χ1) is 15.5. The highest BCUT2D eigenvalue weighted by Gasteiger charge is 2.15. The molecule has 0 spiro atoms. The SMILES string of the molecule is Cc1cc(C2CCCCO2)ccn1.Cc1ccc2c(-c3ccc(F)cc3F)nccc2n1. The number of benzene rings is 1. The van der Waals surface area contributed by atoms with E-state index in [4.69, 9.17) is 4.74 Å². The number of pyridine rings is 3. The van der Waals surface area contributed by atoms with Gasteiger partial charge in [-0.05, 0) is 81.1 Å². The lowest BCUT2D eigenvalue weighted by Gasteiger charge is -2.22. The molecule has 3 aromatic heterocycles. The number of hydrogen-bond acceptors (Lipinski definition) is 4. The van der Waals surface area contributed by atoms with Crippen LogP contribution < -0.4 is 0 Å². The highest BCUT2D eigenvalue weighted by atomic mass is 19.1. The predicted octanol–water partition coefficient (Wildman–Crippen LogP) is 6.52. The number of hydrogen-bond donors (Lipinski definition) is 0. The summed E-state index contributed by atoms with van der Waals surface area (Å²) in [5, 5.41) is 0.749. The van der Waals surface area contributed by atoms with Crippen molar-refractivity contribution in [2.45, 2.75) is 39.2 Å². The molecule has 0 aliphatic carbocycles. The summed E-state index contributed by atoms with van der Waals surface area (Å²) in [6.45, 7) is 4.82. The standard InChI is InChI=1S/C15H10F2N2.C11H15NO/c1-9-2-4-12-14(19-9)6-7-18-15(12)11-5-3-10(16)8-13(11)17;1-9-8-10(5-6-12-9)11-4-2-3-7-13-11/h2-8H,1H3;5-6,8,11H,2-4,7H2,1H3. The molecule has 5 rings (SSSR count). The molecule has 1 saturated heterocycles. The molecule has 1 atom stereocenters. The fourth-order valence-corrected chi connectivity index (χ4v) is 3.82. The lowest BCUT2D eigenvalue weighted by Crippen LogP contribution is -2.11. The summed E-state index contributed by atoms with van der Waals surface area (Å²) in [7, 11) is 0. The van der Waals surface area contributed by atoms with Crippen molar-refractivity contribution in [1.29, 1.82) is 0 Å². The van der Waals surface area contributed by atoms with Gasteiger partial charge in [0.15, 0.2) is 0 Å². The Balaban J connectivity index is 0.000000165. The van der Waals surface area contributed by atoms with Gasteiger partial charge < -0.3 is 4.74 Å². The fourth-order valence-electron chi connectivity index (χ4n) is 3.82. The average Bonchev–Trinajstić information content (AvgIpc) is 2.80. The first-order valence-electron chi connectivity index (χ1n) is 10.7. The number of nitrogens with zero attached hydrogens (tertiary/aromatic N) is 3. The van der Waals surface area contributed by atoms with E-state index < -0.39 is 11.6 Å². The molecule has 0 amide bonds. The van der Waals surface area contributed by atoms with Crippen molar-refractivity contribution in [3.63, 3.8) is 0 Å². The monoisotopic (exact) mass is 433 g/mol. The molecule has 1 aliphatic rings. The Bertz CT molecular complexity index is 1220. The summed E-state index contributed by atoms with van der Waals surface area (Å²) in [5.74, 6) is -1.23. The molecule has 1 aliphatic heterocycles. The van der Waals surface area contributed by atoms with Gasteiger partial charge in [0.1, 0.15) is 11.6 Å². The van der Waals surface area contributed by atoms with Gasteiger partial charge in [0.05, 0.1) is 17.3 Å². The van der Waals surface area contributed by atoms with Gasteiger partial charge in [-0.3, -0.25) is 15.0 Å². The van der Waals surface area contributed by atoms with Crippen LogP contribution in [0, 0.1) is 25.5 Å². The number of fused-ring (bicyclic) bond motifs is 1. The van der Waals surface area contributed by atoms with Crippen LogP contribution in [0.4, 0.5) is 8.78 Å². The van der Waals surface area contributed by atoms with Crippen LogP contribution >= 0.6 is 0 Å². The molecular formula is C26H25F2N3O. The summed E-state index contributed by atoms with van der Waals surface area (Å²) >= 11 is 0. The fraction of sp³-hybridized carbons (Fsp3) is 0.269. The zero-order chi connectivity index (χ0) is 22.5. The van der Waals surface area contributed by atoms with Gasteiger partial charge in [0, 0.05) is 47.4 Å². The maximum absolute atomic E-state index is 13.8. The van der Waals surface area contributed by atoms with Gasteiger partial charge in [-0.25, -0.2) is 8.78 Å². The molecule has 4 aromatic rings. The molecule has 164 valence electrons. The smallest absolute Gasteiger partial charge is 0.135 e. The van der Waals surface area contributed by atoms with Gasteiger partial charge in [-0.15, -0.1) is 0 Å². The van der Waals surface area contributed by atoms with Crippen LogP contribution in [0.3, 0.4) is 0 Å². The second-order valence-electron chi connectivity index (χ2n) is 7.89. The van der Waals surface area contributed by atoms with E-state index in [2.05, 4.69) is 27.1 Å². The van der Waals surface area contributed by atoms with E-state index in [1.165, 1.54) is 30.5 Å². The maximum Gasteiger partial charge on any atom is 0.135 e. The van der Waals surface area contributed by atoms with Crippen LogP contribution in [0.15, 0.2) is 60.9 Å². The predicted molar refractivity (Wildman–Crippen MR) is 121 cm³/mol. The lowest BCUT2D eigenvalue weighted by molar-refractivity contribution is 0.0149. The zero-order valence-corrected chi connectivity index (χ0v) is 18.2. The highest BCUT2D eigenvalue weighted by molar-refractivity contribution is 5.92. The van der Waals surface area contributed by atoms with Crippen LogP contribution in [0.1, 0.15) is 42.3 Å². The maximum atomic E-state index is 13.8. The highest BCUT2D eigenvalue weighted by Crippen LogP contribution is 2.29. The van der Waals surface area contributed by atoms with Gasteiger partial charge >= 0.3 is 0 Å². The van der Waals surface area contributed by atoms with E-state index in [-0.39, 0.29) is 5.56 Å². The minimum atomic E-state index is -0.624. The molecule has 6 heteroatoms. The van der Waals surface area contributed by atoms with Gasteiger partial charge in [-0.2, -0.15) is 0 Å². The topological polar surface area (TPSA) is 47.9 Å². The Morgan fingerprint density at radius 1 is 0.875 bits per heavy atom. The second kappa shape index (κ2) is 9.92. The number of aromatic nitrogens is 3. The Hall–Kier alpha value is -3.25. The summed E-state index contributed by atoms with van der Waals surface area (Å²) in [6.07, 6.45) is 7.40. The minimum Gasteiger partial charge on any atom is -0.374 e. The Morgan fingerprint density at radius 3 is 2.47 bits per heavy atom. The van der Waals surface area contributed by atoms with E-state index in [0.29, 0.717) is 11.8 Å². The third-order valence-corrected chi connectivity index (χ3v) is 5.41. The van der Waals surface area contributed by atoms with Crippen LogP contribution in [-0.4, -0.2) is 21.6 Å². The van der Waals surface area contributed by atoms with Crippen molar-refractivity contribution in [3.8, 4) is 11.3 Å². The van der Waals surface area contributed by atoms with E-state index in [0.717, 1.165) is 41.4 Å². The molecular weight excluding hydrogens is 408 g/mol. The van der Waals surface area contributed by atoms with Crippen molar-refractivity contribution in [2.75, 3.05) is 6.61 Å². The molecule has 0 bridgehead atoms. The minimum absolute atomic E-state index is 0.276. The molecule has 32 heavy (non-hydrogen) atoms. The average molecular weight is 434 g/mol. The van der Waals surface area contributed by atoms with Crippen molar-refractivity contribution in [1.82, 2.24) is 15.0 Å². The largest absolute Gasteiger partial charge is 0.374 e. The zero-order valence-electron chi connectivity index (χ0n) is 18.2. The Kier molecular flexibility index (Phi) is 6.81. The van der Waals surface area contributed by atoms with E-state index in [1.54, 1.807) is 12.3 Å². The molecule has 1 aromatic carbocycles. The number of rotatable bonds is 2. The molecule has 4 nitrogen and oxygen atoms in total. The second-order valence-corrected chi connectivity index (χ2v) is 7.89. The number of ether oxygens (including phenoxy) is 1. The lowest BCUT2D eigenvalue weighted by atomic mass is 10.0. The quantitative estimate of drug-likeness (QED) is 0.361. The third-order valence-electron chi connectivity index (χ3n) is 5.41. The summed E-state index contributed by atoms with van der Waals surface area (Å²) < 4.78 is 32.5. The van der Waals surface area contributed by atoms with E-state index >= 15 is 0 Å². The molecule has 0 radical (unpaired) electrons. The summed E-state index contributed by atoms with van der Waals surface area (Å²) in [4.78, 5) is 12.7. The summed E-state index contributed by atoms with van der Waals surface area (Å²) in [6, 6.07) is 13.1. The first kappa shape index (κ1) is 22.0. The van der Waals surface area contributed by atoms with Gasteiger partial charge in [0.2, 0.25) is 0 Å². The van der Waals surface area contributed by atoms with Gasteiger partial charge in [-0.1, -0.05) is 0 Å². The molecule has 0 N–H and O–H groups in total. The third kappa shape index (κ3) is 5.14. The Labute approximate surface area is 186 Å². The van der Waals surface area contributed by atoms with E-state index in [1.807, 2.05) is 32.2 Å². The Morgan fingerprint density at radius 2 is 1.72 bits per heavy atom. The normalized spacial score (nSPS) is 15.8.